The predicted molar refractivity (Wildman–Crippen MR) is 448 cm³/mol. The maximum absolute atomic E-state index is 16.3. The highest BCUT2D eigenvalue weighted by atomic mass is 35.5. The predicted octanol–water partition coefficient (Wildman–Crippen LogP) is 3.18. The van der Waals surface area contributed by atoms with Gasteiger partial charge in [0.05, 0.1) is 51.4 Å². The van der Waals surface area contributed by atoms with Crippen LogP contribution in [-0.4, -0.2) is 221 Å². The Hall–Kier alpha value is -11.5. The molecule has 6 aromatic carbocycles. The second-order valence-electron chi connectivity index (χ2n) is 31.2. The zero-order chi connectivity index (χ0) is 92.8. The number of primary amides is 1. The lowest BCUT2D eigenvalue weighted by Gasteiger charge is -2.48. The van der Waals surface area contributed by atoms with Crippen LogP contribution in [0.15, 0.2) is 120 Å². The Morgan fingerprint density at radius 3 is 2.01 bits per heavy atom. The van der Waals surface area contributed by atoms with Gasteiger partial charge < -0.3 is 128 Å². The molecule has 14 rings (SSSR count). The number of carbonyl (C=O) groups is 9. The van der Waals surface area contributed by atoms with Gasteiger partial charge in [-0.3, -0.25) is 52.6 Å². The van der Waals surface area contributed by atoms with Crippen molar-refractivity contribution in [3.05, 3.63) is 179 Å². The fourth-order valence-corrected chi connectivity index (χ4v) is 15.7. The third-order valence-electron chi connectivity index (χ3n) is 21.5. The van der Waals surface area contributed by atoms with Gasteiger partial charge in [0.15, 0.2) is 23.9 Å². The highest BCUT2D eigenvalue weighted by molar-refractivity contribution is 6.42. The number of nitrogens with two attached hydrogens (primary N) is 1. The number of aliphatic hydroxyl groups excluding tert-OH is 6. The van der Waals surface area contributed by atoms with Crippen LogP contribution < -0.4 is 79.0 Å². The van der Waals surface area contributed by atoms with Crippen molar-refractivity contribution in [2.45, 2.75) is 169 Å². The molecule has 2 fully saturated rings. The van der Waals surface area contributed by atoms with Crippen LogP contribution in [0, 0.1) is 5.92 Å². The van der Waals surface area contributed by atoms with E-state index >= 15 is 24.0 Å². The standard InChI is InChI=1S/C83H89Cl4F2N13O26/c1-33(2)20-47(91-5)74(114)99-65-67(109)37-9-13-51(45(86)23-37)124-53-25-39-26-54(71(53)128-81-72(70(112)69(111)55(31-103)126-81)127-60-30-83(4,73(113)34(3)123-60)92-17-19-102-18-16-58(95-82(102)121)94-59(108)15-7-35-6-11-43(84)44(85)21-35)125-52-14-10-38(24-46(52)87)68(110)66-79(119)98-64(80(120)101-122-32-56(88)89)42-27-40(104)28-50(106)61(42)41-22-36(8-12-49(41)105)62(76(116)100-66)97-77(117)63(39)96-75(115)48(29-57(90)107)93-78(65)118/h6-16,18,21-28,33-34,47-48,55-56,60,62-70,72-73,81,91-92,103-106,109-113H,17,19-20,29-32H2,1-5H3,(H2,90,107)(H,93,118)(H,96,115)(H,97,117)(H,98,119)(H,99,114)(H,100,116)(H,101,120)(H,94,95,108,121)/b15-7+/t34-,47+,48-,55+,60-,62+,63+,64+,65+,66-,67+,68+,69+,70-,72+,73+,81-,83-/m0/s1. The molecule has 7 aliphatic rings. The van der Waals surface area contributed by atoms with Crippen LogP contribution in [0.3, 0.4) is 0 Å². The van der Waals surface area contributed by atoms with Gasteiger partial charge in [-0.05, 0) is 145 Å². The summed E-state index contributed by atoms with van der Waals surface area (Å²) in [7, 11) is 1.45. The number of hydroxylamine groups is 1. The van der Waals surface area contributed by atoms with E-state index in [1.54, 1.807) is 44.5 Å². The summed E-state index contributed by atoms with van der Waals surface area (Å²) in [5, 5.41) is 129. The second kappa shape index (κ2) is 40.9. The number of phenolic OH excluding ortho intramolecular Hbond substituents is 3. The van der Waals surface area contributed by atoms with Crippen LogP contribution in [0.4, 0.5) is 14.6 Å². The van der Waals surface area contributed by atoms with Crippen molar-refractivity contribution in [2.75, 3.05) is 32.1 Å². The highest BCUT2D eigenvalue weighted by Crippen LogP contribution is 2.50. The molecule has 128 heavy (non-hydrogen) atoms. The van der Waals surface area contributed by atoms with Crippen LogP contribution in [-0.2, 0) is 68.7 Å². The molecule has 0 radical (unpaired) electrons. The number of hydrogen-bond acceptors (Lipinski definition) is 29. The molecule has 2 saturated heterocycles. The number of fused-ring (bicyclic) bond motifs is 15. The monoisotopic (exact) mass is 1860 g/mol. The van der Waals surface area contributed by atoms with Crippen molar-refractivity contribution >= 4 is 111 Å². The van der Waals surface area contributed by atoms with Gasteiger partial charge in [0.1, 0.15) is 108 Å². The van der Waals surface area contributed by atoms with Crippen molar-refractivity contribution in [1.29, 1.82) is 0 Å². The summed E-state index contributed by atoms with van der Waals surface area (Å²) in [6.07, 6.45) is -19.1. The molecule has 21 N–H and O–H groups in total. The smallest absolute Gasteiger partial charge is 0.349 e. The maximum Gasteiger partial charge on any atom is 0.349 e. The summed E-state index contributed by atoms with van der Waals surface area (Å²) in [4.78, 5) is 155. The summed E-state index contributed by atoms with van der Waals surface area (Å²) in [6.45, 7) is 4.03. The van der Waals surface area contributed by atoms with Crippen molar-refractivity contribution in [2.24, 2.45) is 11.7 Å². The van der Waals surface area contributed by atoms with E-state index in [1.807, 2.05) is 0 Å². The molecule has 0 unspecified atom stereocenters. The van der Waals surface area contributed by atoms with Gasteiger partial charge in [-0.1, -0.05) is 84.5 Å². The van der Waals surface area contributed by atoms with Crippen molar-refractivity contribution in [1.82, 2.24) is 57.6 Å². The number of carbonyl (C=O) groups excluding carboxylic acids is 9. The zero-order valence-corrected chi connectivity index (χ0v) is 71.2. The number of halogens is 6. The molecule has 39 nitrogen and oxygen atoms in total. The van der Waals surface area contributed by atoms with Crippen molar-refractivity contribution < 1.29 is 131 Å². The number of aromatic hydroxyl groups is 3. The van der Waals surface area contributed by atoms with Crippen molar-refractivity contribution in [3.8, 4) is 57.1 Å². The lowest BCUT2D eigenvalue weighted by Crippen LogP contribution is -2.65. The first-order valence-electron chi connectivity index (χ1n) is 39.6. The molecule has 18 atom stereocenters. The number of ether oxygens (including phenoxy) is 6. The van der Waals surface area contributed by atoms with Gasteiger partial charge in [-0.25, -0.2) is 19.1 Å². The van der Waals surface area contributed by atoms with Crippen LogP contribution in [0.1, 0.15) is 111 Å². The van der Waals surface area contributed by atoms with E-state index in [4.69, 9.17) is 85.4 Å². The second-order valence-corrected chi connectivity index (χ2v) is 32.8. The summed E-state index contributed by atoms with van der Waals surface area (Å²) >= 11 is 26.4. The number of nitrogens with zero attached hydrogens (tertiary/aromatic N) is 2. The van der Waals surface area contributed by atoms with E-state index in [2.05, 4.69) is 52.8 Å². The lowest BCUT2D eigenvalue weighted by molar-refractivity contribution is -0.334. The molecule has 684 valence electrons. The normalized spacial score (nSPS) is 25.7. The Labute approximate surface area is 745 Å². The van der Waals surface area contributed by atoms with E-state index in [1.165, 1.54) is 49.0 Å². The fraction of sp³-hybridized carbons (Fsp3) is 0.386. The van der Waals surface area contributed by atoms with Gasteiger partial charge in [-0.2, -0.15) is 4.98 Å². The molecular formula is C83H89Cl4F2N13O26. The van der Waals surface area contributed by atoms with E-state index in [0.717, 1.165) is 72.8 Å². The number of rotatable bonds is 23. The number of aliphatic hydroxyl groups is 6. The summed E-state index contributed by atoms with van der Waals surface area (Å²) in [5.41, 5.74) is 2.54. The number of anilines is 1. The molecule has 1 aromatic heterocycles. The van der Waals surface area contributed by atoms with E-state index in [0.29, 0.717) is 10.6 Å². The van der Waals surface area contributed by atoms with Gasteiger partial charge in [0, 0.05) is 54.5 Å². The Balaban J connectivity index is 0.993. The molecule has 0 aliphatic carbocycles. The van der Waals surface area contributed by atoms with Crippen LogP contribution in [0.5, 0.6) is 46.0 Å². The number of nitrogens with one attached hydrogen (secondary N) is 10. The summed E-state index contributed by atoms with van der Waals surface area (Å²) < 4.78 is 67.6. The van der Waals surface area contributed by atoms with E-state index < -0.39 is 278 Å². The summed E-state index contributed by atoms with van der Waals surface area (Å²) in [5.74, 6) is -17.4. The minimum Gasteiger partial charge on any atom is -0.508 e. The average molecular weight is 1860 g/mol. The maximum atomic E-state index is 16.3. The Morgan fingerprint density at radius 2 is 1.38 bits per heavy atom. The molecular weight excluding hydrogens is 1770 g/mol. The Kier molecular flexibility index (Phi) is 30.5. The van der Waals surface area contributed by atoms with Gasteiger partial charge in [0.2, 0.25) is 59.3 Å². The SMILES string of the molecule is CN[C@H](CC(C)C)C(=O)N[C@H]1C(=O)N[C@@H](CC(N)=O)C(=O)N[C@H]2C(=O)N[C@H]3C(=O)N[C@H](C(=O)N[C@@H](C(=O)NOCC(F)F)c4cc(O)cc(O)c4-c4cc3ccc4O)[C@H](O)c3ccc(c(Cl)c3)Oc3cc2cc(c3O[C@@H]2O[C@H](CO)[C@@H](O)[C@H](O)[C@H]2O[C@H]2C[C@](C)(NCCn3ccc(NC(=O)/C=C/c4ccc(Cl)c(Cl)c4)nc3=O)[C@H](O)[C@H](C)O2)Oc2ccc(cc2Cl)[C@H]1O. The van der Waals surface area contributed by atoms with E-state index in [9.17, 15) is 78.7 Å². The lowest BCUT2D eigenvalue weighted by atomic mass is 9.85. The third-order valence-corrected chi connectivity index (χ3v) is 22.8. The summed E-state index contributed by atoms with van der Waals surface area (Å²) in [6, 6.07) is 4.29. The fourth-order valence-electron chi connectivity index (χ4n) is 15.0. The van der Waals surface area contributed by atoms with Gasteiger partial charge in [-0.15, -0.1) is 0 Å². The van der Waals surface area contributed by atoms with Crippen molar-refractivity contribution in [3.63, 3.8) is 0 Å². The zero-order valence-electron chi connectivity index (χ0n) is 68.2. The molecule has 11 bridgehead atoms. The topological polar surface area (TPSA) is 582 Å². The van der Waals surface area contributed by atoms with E-state index in [-0.39, 0.29) is 53.8 Å². The molecule has 0 spiro atoms. The minimum absolute atomic E-state index is 0.0613. The van der Waals surface area contributed by atoms with Crippen LogP contribution in [0.2, 0.25) is 20.1 Å². The van der Waals surface area contributed by atoms with Crippen LogP contribution >= 0.6 is 46.4 Å². The molecule has 7 aliphatic heterocycles. The molecule has 9 amide bonds. The first-order valence-corrected chi connectivity index (χ1v) is 41.1. The van der Waals surface area contributed by atoms with Gasteiger partial charge in [0.25, 0.3) is 12.3 Å². The number of amides is 9. The molecule has 0 saturated carbocycles. The number of phenols is 3. The third kappa shape index (κ3) is 22.1. The number of alkyl halides is 2. The Morgan fingerprint density at radius 1 is 0.719 bits per heavy atom. The molecule has 7 aromatic rings. The number of likely N-dealkylation sites (N-methyl/N-ethyl adjacent to an activating group) is 1. The number of aromatic nitrogens is 2. The largest absolute Gasteiger partial charge is 0.508 e. The first kappa shape index (κ1) is 95.6. The average Bonchev–Trinajstić information content (AvgIpc) is 0.755. The highest BCUT2D eigenvalue weighted by Gasteiger charge is 2.52. The first-order chi connectivity index (χ1) is 60.7. The van der Waals surface area contributed by atoms with Gasteiger partial charge >= 0.3 is 5.69 Å². The molecule has 8 heterocycles. The van der Waals surface area contributed by atoms with Crippen LogP contribution in [0.25, 0.3) is 17.2 Å². The quantitative estimate of drug-likeness (QED) is 0.0323. The number of benzene rings is 6. The Bertz CT molecular complexity index is 5510. The minimum atomic E-state index is -3.19. The number of hydrogen-bond donors (Lipinski definition) is 20. The molecule has 45 heteroatoms.